The van der Waals surface area contributed by atoms with Crippen LogP contribution >= 0.6 is 0 Å². The third-order valence-electron chi connectivity index (χ3n) is 5.72. The first-order chi connectivity index (χ1) is 15.7. The van der Waals surface area contributed by atoms with Gasteiger partial charge >= 0.3 is 0 Å². The highest BCUT2D eigenvalue weighted by Gasteiger charge is 2.32. The summed E-state index contributed by atoms with van der Waals surface area (Å²) in [5.41, 5.74) is 5.20. The summed E-state index contributed by atoms with van der Waals surface area (Å²) in [5, 5.41) is 19.0. The van der Waals surface area contributed by atoms with Crippen LogP contribution in [0.4, 0.5) is 0 Å². The summed E-state index contributed by atoms with van der Waals surface area (Å²) in [7, 11) is 0. The zero-order valence-electron chi connectivity index (χ0n) is 17.3. The molecule has 0 unspecified atom stereocenters. The predicted molar refractivity (Wildman–Crippen MR) is 122 cm³/mol. The molecule has 0 N–H and O–H groups in total. The van der Waals surface area contributed by atoms with Gasteiger partial charge in [0.05, 0.1) is 5.52 Å². The van der Waals surface area contributed by atoms with Gasteiger partial charge in [-0.1, -0.05) is 54.6 Å². The lowest BCUT2D eigenvalue weighted by Gasteiger charge is -2.06. The maximum atomic E-state index is 13.2. The van der Waals surface area contributed by atoms with Gasteiger partial charge in [0.25, 0.3) is 0 Å². The Kier molecular flexibility index (Phi) is 4.58. The van der Waals surface area contributed by atoms with Gasteiger partial charge in [-0.25, -0.2) is 0 Å². The number of allylic oxidation sites excluding steroid dienone is 3. The van der Waals surface area contributed by atoms with Crippen molar-refractivity contribution in [1.82, 2.24) is 4.57 Å². The summed E-state index contributed by atoms with van der Waals surface area (Å²) >= 11 is 0. The highest BCUT2D eigenvalue weighted by atomic mass is 16.3. The zero-order valence-corrected chi connectivity index (χ0v) is 17.3. The molecule has 5 rings (SSSR count). The topological polar surface area (TPSA) is 82.7 Å². The van der Waals surface area contributed by atoms with Gasteiger partial charge in [-0.2, -0.15) is 10.5 Å². The Morgan fingerprint density at radius 3 is 2.38 bits per heavy atom. The highest BCUT2D eigenvalue weighted by Crippen LogP contribution is 2.40. The average Bonchev–Trinajstić information content (AvgIpc) is 3.46. The maximum absolute atomic E-state index is 13.2. The van der Waals surface area contributed by atoms with E-state index in [9.17, 15) is 15.3 Å². The van der Waals surface area contributed by atoms with E-state index in [1.807, 2.05) is 61.5 Å². The number of carbonyl (C=O) groups excluding carboxylic acids is 1. The Hall–Kier alpha value is -4.61. The molecule has 32 heavy (non-hydrogen) atoms. The molecule has 0 atom stereocenters. The van der Waals surface area contributed by atoms with Crippen LogP contribution in [0.15, 0.2) is 82.3 Å². The fourth-order valence-electron chi connectivity index (χ4n) is 4.27. The molecule has 4 aromatic rings. The van der Waals surface area contributed by atoms with Gasteiger partial charge in [-0.05, 0) is 18.6 Å². The van der Waals surface area contributed by atoms with Gasteiger partial charge in [0.1, 0.15) is 23.5 Å². The lowest BCUT2D eigenvalue weighted by molar-refractivity contribution is 0.104. The molecule has 0 radical (unpaired) electrons. The minimum absolute atomic E-state index is 0.0702. The Balaban J connectivity index is 1.69. The van der Waals surface area contributed by atoms with Crippen LogP contribution in [0.1, 0.15) is 28.5 Å². The van der Waals surface area contributed by atoms with Crippen molar-refractivity contribution < 1.29 is 9.21 Å². The molecule has 152 valence electrons. The number of rotatable bonds is 3. The molecule has 2 heterocycles. The number of benzene rings is 2. The van der Waals surface area contributed by atoms with Crippen LogP contribution in [0.5, 0.6) is 0 Å². The number of hydrogen-bond acceptors (Lipinski definition) is 4. The van der Waals surface area contributed by atoms with Gasteiger partial charge in [0.15, 0.2) is 11.4 Å². The van der Waals surface area contributed by atoms with Crippen molar-refractivity contribution in [3.05, 3.63) is 94.7 Å². The Labute approximate surface area is 184 Å². The van der Waals surface area contributed by atoms with Gasteiger partial charge in [-0.15, -0.1) is 0 Å². The van der Waals surface area contributed by atoms with Crippen molar-refractivity contribution in [1.29, 1.82) is 10.5 Å². The van der Waals surface area contributed by atoms with Gasteiger partial charge < -0.3 is 8.98 Å². The van der Waals surface area contributed by atoms with E-state index in [1.165, 1.54) is 0 Å². The van der Waals surface area contributed by atoms with Crippen LogP contribution in [0.3, 0.4) is 0 Å². The minimum atomic E-state index is -0.191. The van der Waals surface area contributed by atoms with E-state index < -0.39 is 0 Å². The number of aryl methyl sites for hydroxylation is 1. The number of carbonyl (C=O) groups is 1. The predicted octanol–water partition coefficient (Wildman–Crippen LogP) is 6.00. The molecule has 5 nitrogen and oxygen atoms in total. The maximum Gasteiger partial charge on any atom is 0.194 e. The summed E-state index contributed by atoms with van der Waals surface area (Å²) in [4.78, 5) is 13.2. The quantitative estimate of drug-likeness (QED) is 0.303. The van der Waals surface area contributed by atoms with Crippen molar-refractivity contribution in [3.8, 4) is 23.5 Å². The molecule has 0 amide bonds. The number of Topliss-reactive ketones (excluding diaryl/α,β-unsaturated/α-hetero) is 1. The summed E-state index contributed by atoms with van der Waals surface area (Å²) in [6.45, 7) is 2.69. The Morgan fingerprint density at radius 2 is 1.69 bits per heavy atom. The third-order valence-corrected chi connectivity index (χ3v) is 5.72. The lowest BCUT2D eigenvalue weighted by Crippen LogP contribution is -2.00. The van der Waals surface area contributed by atoms with Crippen molar-refractivity contribution in [3.63, 3.8) is 0 Å². The summed E-state index contributed by atoms with van der Waals surface area (Å²) < 4.78 is 8.16. The monoisotopic (exact) mass is 415 g/mol. The first-order valence-corrected chi connectivity index (χ1v) is 10.3. The number of hydrogen-bond donors (Lipinski definition) is 0. The smallest absolute Gasteiger partial charge is 0.194 e. The van der Waals surface area contributed by atoms with Crippen LogP contribution in [-0.2, 0) is 6.54 Å². The average molecular weight is 415 g/mol. The van der Waals surface area contributed by atoms with E-state index in [0.29, 0.717) is 34.4 Å². The van der Waals surface area contributed by atoms with Gasteiger partial charge in [0.2, 0.25) is 0 Å². The van der Waals surface area contributed by atoms with Gasteiger partial charge in [0, 0.05) is 46.6 Å². The summed E-state index contributed by atoms with van der Waals surface area (Å²) in [6, 6.07) is 24.7. The number of ketones is 1. The van der Waals surface area contributed by atoms with Crippen molar-refractivity contribution in [2.75, 3.05) is 0 Å². The van der Waals surface area contributed by atoms with Crippen molar-refractivity contribution in [2.24, 2.45) is 0 Å². The second-order valence-corrected chi connectivity index (χ2v) is 7.45. The normalized spacial score (nSPS) is 13.9. The zero-order chi connectivity index (χ0) is 22.2. The van der Waals surface area contributed by atoms with Crippen LogP contribution in [-0.4, -0.2) is 10.4 Å². The molecule has 0 aliphatic heterocycles. The molecule has 1 aliphatic rings. The molecule has 0 saturated carbocycles. The molecule has 0 saturated heterocycles. The molecular formula is C27H17N3O2. The van der Waals surface area contributed by atoms with Crippen LogP contribution in [0.25, 0.3) is 34.1 Å². The van der Waals surface area contributed by atoms with Crippen molar-refractivity contribution >= 4 is 28.5 Å². The standard InChI is InChI=1S/C27H17N3O2/c1-2-30-19(13-25-23(30)14-24(32-25)17-8-4-3-5-9-17)12-22-26(18(15-28)16-29)20-10-6-7-11-21(20)27(22)31/h3-14H,2H2,1H3/b22-12-. The number of fused-ring (bicyclic) bond motifs is 2. The first kappa shape index (κ1) is 19.4. The number of aromatic nitrogens is 1. The second-order valence-electron chi connectivity index (χ2n) is 7.45. The van der Waals surface area contributed by atoms with Crippen LogP contribution in [0.2, 0.25) is 0 Å². The van der Waals surface area contributed by atoms with Gasteiger partial charge in [-0.3, -0.25) is 4.79 Å². The molecule has 2 aromatic heterocycles. The molecule has 0 spiro atoms. The van der Waals surface area contributed by atoms with Crippen LogP contribution < -0.4 is 0 Å². The first-order valence-electron chi connectivity index (χ1n) is 10.3. The molecule has 5 heteroatoms. The summed E-state index contributed by atoms with van der Waals surface area (Å²) in [5.74, 6) is 0.585. The van der Waals surface area contributed by atoms with E-state index in [0.717, 1.165) is 22.5 Å². The highest BCUT2D eigenvalue weighted by molar-refractivity contribution is 6.29. The Morgan fingerprint density at radius 1 is 1.00 bits per heavy atom. The molecule has 2 aromatic carbocycles. The van der Waals surface area contributed by atoms with Crippen molar-refractivity contribution in [2.45, 2.75) is 13.5 Å². The molecule has 0 bridgehead atoms. The lowest BCUT2D eigenvalue weighted by atomic mass is 9.99. The largest absolute Gasteiger partial charge is 0.454 e. The fraction of sp³-hybridized carbons (Fsp3) is 0.0741. The van der Waals surface area contributed by atoms with E-state index in [1.54, 1.807) is 30.3 Å². The minimum Gasteiger partial charge on any atom is -0.454 e. The van der Waals surface area contributed by atoms with E-state index in [4.69, 9.17) is 4.42 Å². The molecule has 0 fully saturated rings. The number of nitrogens with zero attached hydrogens (tertiary/aromatic N) is 3. The number of nitriles is 2. The molecule has 1 aliphatic carbocycles. The van der Waals surface area contributed by atoms with E-state index in [2.05, 4.69) is 4.57 Å². The van der Waals surface area contributed by atoms with E-state index >= 15 is 0 Å². The van der Waals surface area contributed by atoms with E-state index in [-0.39, 0.29) is 11.4 Å². The summed E-state index contributed by atoms with van der Waals surface area (Å²) in [6.07, 6.45) is 1.76. The second kappa shape index (κ2) is 7.58. The third kappa shape index (κ3) is 2.88. The molecular weight excluding hydrogens is 398 g/mol. The fourth-order valence-corrected chi connectivity index (χ4v) is 4.27. The Bertz CT molecular complexity index is 1520. The number of furan rings is 1. The SMILES string of the molecule is CCn1c(/C=C2\C(=O)c3ccccc3C2=C(C#N)C#N)cc2oc(-c3ccccc3)cc21. The van der Waals surface area contributed by atoms with Crippen LogP contribution in [0, 0.1) is 22.7 Å².